The summed E-state index contributed by atoms with van der Waals surface area (Å²) in [6.07, 6.45) is 2.19. The largest absolute Gasteiger partial charge is 0.296 e. The summed E-state index contributed by atoms with van der Waals surface area (Å²) in [5.74, 6) is 0.272. The highest BCUT2D eigenvalue weighted by Crippen LogP contribution is 2.22. The molecule has 0 aliphatic rings. The summed E-state index contributed by atoms with van der Waals surface area (Å²) in [5.41, 5.74) is 5.67. The number of ketones is 1. The van der Waals surface area contributed by atoms with E-state index in [1.165, 1.54) is 11.1 Å². The Balaban J connectivity index is 3.02. The van der Waals surface area contributed by atoms with E-state index in [2.05, 4.69) is 52.5 Å². The van der Waals surface area contributed by atoms with Crippen molar-refractivity contribution in [3.05, 3.63) is 33.9 Å². The minimum atomic E-state index is 0.272. The van der Waals surface area contributed by atoms with Crippen LogP contribution in [0.15, 0.2) is 6.07 Å². The minimum Gasteiger partial charge on any atom is -0.296 e. The molecule has 20 heavy (non-hydrogen) atoms. The van der Waals surface area contributed by atoms with Gasteiger partial charge in [-0.05, 0) is 75.9 Å². The normalized spacial score (nSPS) is 11.2. The van der Waals surface area contributed by atoms with E-state index in [4.69, 9.17) is 0 Å². The Labute approximate surface area is 124 Å². The topological polar surface area (TPSA) is 20.3 Å². The number of aryl methyl sites for hydroxylation is 2. The van der Waals surface area contributed by atoms with E-state index in [1.807, 2.05) is 0 Å². The molecule has 1 aromatic rings. The second kappa shape index (κ2) is 7.58. The first-order valence-electron chi connectivity index (χ1n) is 7.75. The summed E-state index contributed by atoms with van der Waals surface area (Å²) in [6, 6.07) is 2.18. The van der Waals surface area contributed by atoms with Gasteiger partial charge in [0.15, 0.2) is 5.78 Å². The van der Waals surface area contributed by atoms with Gasteiger partial charge in [-0.15, -0.1) is 0 Å². The molecule has 0 spiro atoms. The molecule has 2 nitrogen and oxygen atoms in total. The van der Waals surface area contributed by atoms with Crippen LogP contribution in [0.1, 0.15) is 59.3 Å². The third-order valence-corrected chi connectivity index (χ3v) is 4.09. The second-order valence-corrected chi connectivity index (χ2v) is 5.83. The lowest BCUT2D eigenvalue weighted by atomic mass is 9.91. The lowest BCUT2D eigenvalue weighted by molar-refractivity contribution is 0.0929. The molecule has 0 aliphatic heterocycles. The average molecular weight is 275 g/mol. The quantitative estimate of drug-likeness (QED) is 0.694. The van der Waals surface area contributed by atoms with Gasteiger partial charge in [-0.2, -0.15) is 0 Å². The molecule has 0 aliphatic carbocycles. The molecule has 0 unspecified atom stereocenters. The lowest BCUT2D eigenvalue weighted by Gasteiger charge is -2.22. The van der Waals surface area contributed by atoms with Gasteiger partial charge in [-0.25, -0.2) is 0 Å². The molecule has 0 saturated carbocycles. The van der Waals surface area contributed by atoms with Gasteiger partial charge >= 0.3 is 0 Å². The van der Waals surface area contributed by atoms with Gasteiger partial charge in [0.1, 0.15) is 0 Å². The van der Waals surface area contributed by atoms with Crippen LogP contribution in [0.2, 0.25) is 0 Å². The number of nitrogens with zero attached hydrogens (tertiary/aromatic N) is 1. The molecule has 0 bridgehead atoms. The van der Waals surface area contributed by atoms with Crippen molar-refractivity contribution in [2.45, 2.75) is 54.4 Å². The molecule has 112 valence electrons. The summed E-state index contributed by atoms with van der Waals surface area (Å²) < 4.78 is 0. The van der Waals surface area contributed by atoms with E-state index >= 15 is 0 Å². The highest BCUT2D eigenvalue weighted by molar-refractivity contribution is 6.00. The van der Waals surface area contributed by atoms with Crippen LogP contribution in [0.4, 0.5) is 0 Å². The van der Waals surface area contributed by atoms with Gasteiger partial charge in [-0.3, -0.25) is 9.69 Å². The summed E-state index contributed by atoms with van der Waals surface area (Å²) in [6.45, 7) is 15.2. The Hall–Kier alpha value is -1.15. The predicted octanol–water partition coefficient (Wildman–Crippen LogP) is 4.22. The molecule has 0 heterocycles. The third-order valence-electron chi connectivity index (χ3n) is 4.09. The van der Waals surface area contributed by atoms with Crippen LogP contribution in [0.3, 0.4) is 0 Å². The van der Waals surface area contributed by atoms with Crippen molar-refractivity contribution in [2.24, 2.45) is 0 Å². The molecular weight excluding hydrogens is 246 g/mol. The molecular formula is C18H29NO. The summed E-state index contributed by atoms with van der Waals surface area (Å²) in [5, 5.41) is 0. The van der Waals surface area contributed by atoms with Crippen molar-refractivity contribution in [1.82, 2.24) is 4.90 Å². The van der Waals surface area contributed by atoms with Crippen LogP contribution < -0.4 is 0 Å². The van der Waals surface area contributed by atoms with Crippen LogP contribution >= 0.6 is 0 Å². The highest BCUT2D eigenvalue weighted by Gasteiger charge is 2.18. The zero-order valence-electron chi connectivity index (χ0n) is 14.0. The first-order chi connectivity index (χ1) is 9.42. The maximum atomic E-state index is 12.7. The smallest absolute Gasteiger partial charge is 0.177 e. The van der Waals surface area contributed by atoms with E-state index in [0.717, 1.165) is 42.6 Å². The zero-order chi connectivity index (χ0) is 15.3. The average Bonchev–Trinajstić information content (AvgIpc) is 2.37. The van der Waals surface area contributed by atoms with Crippen molar-refractivity contribution in [3.63, 3.8) is 0 Å². The SMILES string of the molecule is CCCN(CCC)CC(=O)c1c(C)c(C)cc(C)c1C. The number of rotatable bonds is 7. The van der Waals surface area contributed by atoms with Crippen molar-refractivity contribution < 1.29 is 4.79 Å². The number of benzene rings is 1. The van der Waals surface area contributed by atoms with Crippen LogP contribution in [0.5, 0.6) is 0 Å². The van der Waals surface area contributed by atoms with Gasteiger partial charge in [0.2, 0.25) is 0 Å². The molecule has 2 heteroatoms. The first-order valence-corrected chi connectivity index (χ1v) is 7.75. The van der Waals surface area contributed by atoms with Crippen molar-refractivity contribution in [1.29, 1.82) is 0 Å². The van der Waals surface area contributed by atoms with E-state index < -0.39 is 0 Å². The third kappa shape index (κ3) is 3.92. The Morgan fingerprint density at radius 3 is 1.80 bits per heavy atom. The molecule has 0 amide bonds. The van der Waals surface area contributed by atoms with Crippen LogP contribution in [0, 0.1) is 27.7 Å². The van der Waals surface area contributed by atoms with Crippen LogP contribution in [0.25, 0.3) is 0 Å². The van der Waals surface area contributed by atoms with E-state index in [-0.39, 0.29) is 5.78 Å². The molecule has 0 atom stereocenters. The zero-order valence-corrected chi connectivity index (χ0v) is 14.0. The molecule has 0 radical (unpaired) electrons. The van der Waals surface area contributed by atoms with E-state index in [9.17, 15) is 4.79 Å². The van der Waals surface area contributed by atoms with Crippen LogP contribution in [-0.4, -0.2) is 30.3 Å². The van der Waals surface area contributed by atoms with Gasteiger partial charge in [-0.1, -0.05) is 19.9 Å². The Bertz CT molecular complexity index is 445. The monoisotopic (exact) mass is 275 g/mol. The van der Waals surface area contributed by atoms with Gasteiger partial charge in [0, 0.05) is 5.56 Å². The van der Waals surface area contributed by atoms with Crippen LogP contribution in [-0.2, 0) is 0 Å². The molecule has 0 fully saturated rings. The van der Waals surface area contributed by atoms with Gasteiger partial charge < -0.3 is 0 Å². The number of hydrogen-bond donors (Lipinski definition) is 0. The van der Waals surface area contributed by atoms with Gasteiger partial charge in [0.05, 0.1) is 6.54 Å². The Morgan fingerprint density at radius 1 is 0.950 bits per heavy atom. The number of carbonyl (C=O) groups is 1. The van der Waals surface area contributed by atoms with Crippen molar-refractivity contribution in [3.8, 4) is 0 Å². The summed E-state index contributed by atoms with van der Waals surface area (Å²) in [4.78, 5) is 15.0. The molecule has 0 saturated heterocycles. The summed E-state index contributed by atoms with van der Waals surface area (Å²) in [7, 11) is 0. The summed E-state index contributed by atoms with van der Waals surface area (Å²) >= 11 is 0. The number of carbonyl (C=O) groups excluding carboxylic acids is 1. The van der Waals surface area contributed by atoms with E-state index in [0.29, 0.717) is 6.54 Å². The Morgan fingerprint density at radius 2 is 1.40 bits per heavy atom. The highest BCUT2D eigenvalue weighted by atomic mass is 16.1. The number of hydrogen-bond acceptors (Lipinski definition) is 2. The maximum absolute atomic E-state index is 12.7. The van der Waals surface area contributed by atoms with Crippen molar-refractivity contribution in [2.75, 3.05) is 19.6 Å². The minimum absolute atomic E-state index is 0.272. The second-order valence-electron chi connectivity index (χ2n) is 5.83. The van der Waals surface area contributed by atoms with Gasteiger partial charge in [0.25, 0.3) is 0 Å². The molecule has 1 aromatic carbocycles. The predicted molar refractivity (Wildman–Crippen MR) is 86.7 cm³/mol. The lowest BCUT2D eigenvalue weighted by Crippen LogP contribution is -2.32. The van der Waals surface area contributed by atoms with Crippen molar-refractivity contribution >= 4 is 5.78 Å². The fourth-order valence-corrected chi connectivity index (χ4v) is 2.82. The standard InChI is InChI=1S/C18H29NO/c1-7-9-19(10-8-2)12-17(20)18-15(5)13(3)11-14(4)16(18)6/h11H,7-10,12H2,1-6H3. The fourth-order valence-electron chi connectivity index (χ4n) is 2.82. The first kappa shape index (κ1) is 16.9. The molecule has 0 N–H and O–H groups in total. The molecule has 1 rings (SSSR count). The maximum Gasteiger partial charge on any atom is 0.177 e. The Kier molecular flexibility index (Phi) is 6.41. The fraction of sp³-hybridized carbons (Fsp3) is 0.611. The molecule has 0 aromatic heterocycles. The van der Waals surface area contributed by atoms with E-state index in [1.54, 1.807) is 0 Å². The number of Topliss-reactive ketones (excluding diaryl/α,β-unsaturated/α-hetero) is 1.